The number of nitrogens with one attached hydrogen (secondary N) is 2. The molecule has 1 unspecified atom stereocenters. The van der Waals surface area contributed by atoms with Crippen LogP contribution in [0.15, 0.2) is 16.0 Å². The van der Waals surface area contributed by atoms with Gasteiger partial charge in [-0.3, -0.25) is 0 Å². The van der Waals surface area contributed by atoms with Crippen molar-refractivity contribution >= 4 is 23.3 Å². The maximum atomic E-state index is 11.7. The molecule has 0 aliphatic rings. The monoisotopic (exact) mass is 310 g/mol. The fourth-order valence-corrected chi connectivity index (χ4v) is 2.24. The Hall–Kier alpha value is -2.42. The van der Waals surface area contributed by atoms with Crippen LogP contribution in [0.3, 0.4) is 0 Å². The first kappa shape index (κ1) is 15.0. The Kier molecular flexibility index (Phi) is 4.53. The van der Waals surface area contributed by atoms with Crippen molar-refractivity contribution in [3.8, 4) is 0 Å². The summed E-state index contributed by atoms with van der Waals surface area (Å²) in [5.74, 6) is 0.00273. The second kappa shape index (κ2) is 6.35. The lowest BCUT2D eigenvalue weighted by Gasteiger charge is -2.10. The van der Waals surface area contributed by atoms with Crippen LogP contribution in [0.25, 0.3) is 0 Å². The first-order valence-corrected chi connectivity index (χ1v) is 6.98. The van der Waals surface area contributed by atoms with Crippen molar-refractivity contribution in [1.29, 1.82) is 0 Å². The number of urea groups is 1. The zero-order chi connectivity index (χ0) is 15.4. The summed E-state index contributed by atoms with van der Waals surface area (Å²) in [4.78, 5) is 30.3. The first-order valence-electron chi connectivity index (χ1n) is 6.10. The van der Waals surface area contributed by atoms with Gasteiger partial charge in [0.15, 0.2) is 5.69 Å². The Balaban J connectivity index is 1.82. The van der Waals surface area contributed by atoms with E-state index < -0.39 is 12.0 Å². The van der Waals surface area contributed by atoms with Crippen LogP contribution < -0.4 is 10.6 Å². The molecule has 2 heterocycles. The molecule has 0 bridgehead atoms. The van der Waals surface area contributed by atoms with Crippen LogP contribution >= 0.6 is 11.3 Å². The highest BCUT2D eigenvalue weighted by Crippen LogP contribution is 2.12. The van der Waals surface area contributed by atoms with E-state index in [1.807, 2.05) is 0 Å². The van der Waals surface area contributed by atoms with Gasteiger partial charge in [0.25, 0.3) is 0 Å². The lowest BCUT2D eigenvalue weighted by Crippen LogP contribution is -2.36. The van der Waals surface area contributed by atoms with Gasteiger partial charge >= 0.3 is 12.0 Å². The molecule has 2 aromatic heterocycles. The van der Waals surface area contributed by atoms with Gasteiger partial charge in [-0.2, -0.15) is 0 Å². The van der Waals surface area contributed by atoms with Gasteiger partial charge < -0.3 is 20.2 Å². The number of carboxylic acid groups (broad SMARTS) is 1. The Bertz CT molecular complexity index is 651. The highest BCUT2D eigenvalue weighted by atomic mass is 32.1. The Labute approximate surface area is 124 Å². The van der Waals surface area contributed by atoms with E-state index in [1.165, 1.54) is 16.7 Å². The molecule has 0 aromatic carbocycles. The lowest BCUT2D eigenvalue weighted by atomic mass is 10.3. The second-order valence-corrected chi connectivity index (χ2v) is 5.23. The molecule has 0 aliphatic heterocycles. The summed E-state index contributed by atoms with van der Waals surface area (Å²) in [5.41, 5.74) is -0.0270. The average Bonchev–Trinajstić information content (AvgIpc) is 3.05. The van der Waals surface area contributed by atoms with E-state index in [4.69, 9.17) is 9.52 Å². The molecule has 21 heavy (non-hydrogen) atoms. The molecule has 0 aliphatic carbocycles. The molecular formula is C12H14N4O4S. The average molecular weight is 310 g/mol. The summed E-state index contributed by atoms with van der Waals surface area (Å²) >= 11 is 1.17. The van der Waals surface area contributed by atoms with E-state index in [2.05, 4.69) is 20.6 Å². The van der Waals surface area contributed by atoms with Crippen molar-refractivity contribution in [2.45, 2.75) is 26.4 Å². The Morgan fingerprint density at radius 1 is 1.52 bits per heavy atom. The van der Waals surface area contributed by atoms with E-state index in [0.29, 0.717) is 16.7 Å². The van der Waals surface area contributed by atoms with Gasteiger partial charge in [0.2, 0.25) is 5.89 Å². The predicted molar refractivity (Wildman–Crippen MR) is 74.1 cm³/mol. The van der Waals surface area contributed by atoms with Gasteiger partial charge in [-0.05, 0) is 13.8 Å². The molecule has 8 nitrogen and oxygen atoms in total. The number of amides is 2. The van der Waals surface area contributed by atoms with Crippen molar-refractivity contribution < 1.29 is 19.1 Å². The Morgan fingerprint density at radius 3 is 2.86 bits per heavy atom. The predicted octanol–water partition coefficient (Wildman–Crippen LogP) is 1.70. The number of aromatic nitrogens is 2. The van der Waals surface area contributed by atoms with E-state index in [-0.39, 0.29) is 18.3 Å². The van der Waals surface area contributed by atoms with Crippen LogP contribution in [0.1, 0.15) is 40.1 Å². The van der Waals surface area contributed by atoms with Crippen molar-refractivity contribution in [3.05, 3.63) is 33.9 Å². The van der Waals surface area contributed by atoms with Crippen molar-refractivity contribution in [1.82, 2.24) is 20.6 Å². The first-order chi connectivity index (χ1) is 9.95. The minimum absolute atomic E-state index is 0.0270. The van der Waals surface area contributed by atoms with Gasteiger partial charge in [-0.25, -0.2) is 19.6 Å². The highest BCUT2D eigenvalue weighted by molar-refractivity contribution is 7.09. The summed E-state index contributed by atoms with van der Waals surface area (Å²) in [6.07, 6.45) is 1.58. The summed E-state index contributed by atoms with van der Waals surface area (Å²) in [5, 5.41) is 15.9. The maximum absolute atomic E-state index is 11.7. The second-order valence-electron chi connectivity index (χ2n) is 4.29. The number of carbonyl (C=O) groups is 2. The zero-order valence-corrected chi connectivity index (χ0v) is 12.2. The molecule has 0 saturated heterocycles. The number of carbonyl (C=O) groups excluding carboxylic acids is 1. The molecule has 0 radical (unpaired) electrons. The maximum Gasteiger partial charge on any atom is 0.355 e. The smallest absolute Gasteiger partial charge is 0.355 e. The molecule has 2 aromatic rings. The minimum atomic E-state index is -1.09. The Morgan fingerprint density at radius 2 is 2.29 bits per heavy atom. The number of aryl methyl sites for hydroxylation is 1. The number of nitrogens with zero attached hydrogens (tertiary/aromatic N) is 2. The standard InChI is InChI=1S/C12H14N4O4S/c1-6-3-13-10(20-6)7(2)15-12(19)14-4-9-16-8(5-21-9)11(17)18/h3,5,7H,4H2,1-2H3,(H,17,18)(H2,14,15,19). The largest absolute Gasteiger partial charge is 0.476 e. The van der Waals surface area contributed by atoms with Gasteiger partial charge in [0.05, 0.1) is 12.7 Å². The third-order valence-electron chi connectivity index (χ3n) is 2.53. The van der Waals surface area contributed by atoms with Crippen LogP contribution in [-0.2, 0) is 6.54 Å². The summed E-state index contributed by atoms with van der Waals surface area (Å²) in [6, 6.07) is -0.782. The van der Waals surface area contributed by atoms with Crippen molar-refractivity contribution in [2.24, 2.45) is 0 Å². The highest BCUT2D eigenvalue weighted by Gasteiger charge is 2.14. The molecule has 9 heteroatoms. The van der Waals surface area contributed by atoms with Crippen LogP contribution in [-0.4, -0.2) is 27.1 Å². The third-order valence-corrected chi connectivity index (χ3v) is 3.38. The van der Waals surface area contributed by atoms with Crippen LogP contribution in [0.2, 0.25) is 0 Å². The number of hydrogen-bond acceptors (Lipinski definition) is 6. The van der Waals surface area contributed by atoms with E-state index in [1.54, 1.807) is 20.0 Å². The van der Waals surface area contributed by atoms with Crippen molar-refractivity contribution in [3.63, 3.8) is 0 Å². The summed E-state index contributed by atoms with van der Waals surface area (Å²) in [6.45, 7) is 3.67. The number of hydrogen-bond donors (Lipinski definition) is 3. The number of rotatable bonds is 5. The van der Waals surface area contributed by atoms with Crippen LogP contribution in [0.4, 0.5) is 4.79 Å². The van der Waals surface area contributed by atoms with Gasteiger partial charge in [0, 0.05) is 5.38 Å². The molecular weight excluding hydrogens is 296 g/mol. The van der Waals surface area contributed by atoms with Crippen molar-refractivity contribution in [2.75, 3.05) is 0 Å². The quantitative estimate of drug-likeness (QED) is 0.773. The molecule has 112 valence electrons. The summed E-state index contributed by atoms with van der Waals surface area (Å²) in [7, 11) is 0. The molecule has 0 fully saturated rings. The molecule has 1 atom stereocenters. The van der Waals surface area contributed by atoms with Gasteiger partial charge in [-0.15, -0.1) is 11.3 Å². The normalized spacial score (nSPS) is 11.9. The van der Waals surface area contributed by atoms with Gasteiger partial charge in [0.1, 0.15) is 16.8 Å². The van der Waals surface area contributed by atoms with Gasteiger partial charge in [-0.1, -0.05) is 0 Å². The number of thiazole rings is 1. The molecule has 0 spiro atoms. The molecule has 0 saturated carbocycles. The SMILES string of the molecule is Cc1cnc(C(C)NC(=O)NCc2nc(C(=O)O)cs2)o1. The fourth-order valence-electron chi connectivity index (χ4n) is 1.53. The number of oxazole rings is 1. The molecule has 2 amide bonds. The summed E-state index contributed by atoms with van der Waals surface area (Å²) < 4.78 is 5.31. The van der Waals surface area contributed by atoms with Crippen LogP contribution in [0, 0.1) is 6.92 Å². The fraction of sp³-hybridized carbons (Fsp3) is 0.333. The third kappa shape index (κ3) is 4.02. The van der Waals surface area contributed by atoms with E-state index in [9.17, 15) is 9.59 Å². The number of carboxylic acids is 1. The van der Waals surface area contributed by atoms with E-state index >= 15 is 0 Å². The minimum Gasteiger partial charge on any atom is -0.476 e. The topological polar surface area (TPSA) is 117 Å². The zero-order valence-electron chi connectivity index (χ0n) is 11.4. The van der Waals surface area contributed by atoms with E-state index in [0.717, 1.165) is 0 Å². The number of aromatic carboxylic acids is 1. The lowest BCUT2D eigenvalue weighted by molar-refractivity contribution is 0.0691. The van der Waals surface area contributed by atoms with Crippen LogP contribution in [0.5, 0.6) is 0 Å². The molecule has 2 rings (SSSR count). The molecule has 3 N–H and O–H groups in total.